The van der Waals surface area contributed by atoms with E-state index in [1.54, 1.807) is 0 Å². The molecule has 0 unspecified atom stereocenters. The van der Waals surface area contributed by atoms with Gasteiger partial charge in [0.25, 0.3) is 0 Å². The van der Waals surface area contributed by atoms with Gasteiger partial charge in [0, 0.05) is 47.5 Å². The van der Waals surface area contributed by atoms with Crippen molar-refractivity contribution in [1.29, 1.82) is 0 Å². The summed E-state index contributed by atoms with van der Waals surface area (Å²) >= 11 is 0. The zero-order valence-electron chi connectivity index (χ0n) is 25.4. The Hall–Kier alpha value is -2.86. The van der Waals surface area contributed by atoms with Crippen molar-refractivity contribution < 1.29 is 29.8 Å². The van der Waals surface area contributed by atoms with Crippen LogP contribution in [0, 0.1) is 0 Å². The summed E-state index contributed by atoms with van der Waals surface area (Å²) in [6, 6.07) is 17.8. The molecule has 9 heteroatoms. The molecule has 0 fully saturated rings. The number of halogens is 6. The molecule has 0 radical (unpaired) electrons. The summed E-state index contributed by atoms with van der Waals surface area (Å²) < 4.78 is 61.7. The molecule has 232 valence electrons. The molecule has 0 bridgehead atoms. The summed E-state index contributed by atoms with van der Waals surface area (Å²) in [6.45, 7) is 16.1. The number of hydrogen-bond donors (Lipinski definition) is 0. The van der Waals surface area contributed by atoms with Crippen LogP contribution in [0.1, 0.15) is 78.4 Å². The van der Waals surface area contributed by atoms with Gasteiger partial charge in [0.05, 0.1) is 5.41 Å². The maximum atomic E-state index is 9.87. The Kier molecular flexibility index (Phi) is 9.35. The quantitative estimate of drug-likeness (QED) is 0.118. The van der Waals surface area contributed by atoms with E-state index >= 15 is 0 Å². The summed E-state index contributed by atoms with van der Waals surface area (Å²) in [5, 5.41) is 0. The van der Waals surface area contributed by atoms with Crippen LogP contribution in [0.4, 0.5) is 36.6 Å². The zero-order chi connectivity index (χ0) is 31.5. The van der Waals surface area contributed by atoms with Crippen molar-refractivity contribution in [3.8, 4) is 0 Å². The fraction of sp³-hybridized carbons (Fsp3) is 0.424. The molecule has 2 aromatic rings. The molecule has 2 aromatic carbocycles. The molecular formula is C33H43F6N2P. The predicted molar refractivity (Wildman–Crippen MR) is 166 cm³/mol. The Morgan fingerprint density at radius 1 is 0.738 bits per heavy atom. The van der Waals surface area contributed by atoms with E-state index in [-0.39, 0.29) is 10.8 Å². The van der Waals surface area contributed by atoms with Crippen molar-refractivity contribution >= 4 is 24.9 Å². The third-order valence-corrected chi connectivity index (χ3v) is 7.80. The summed E-state index contributed by atoms with van der Waals surface area (Å²) in [5.74, 6) is 0. The first-order valence-corrected chi connectivity index (χ1v) is 16.5. The molecule has 0 N–H and O–H groups in total. The van der Waals surface area contributed by atoms with Crippen LogP contribution in [0.5, 0.6) is 0 Å². The number of allylic oxidation sites excluding steroid dienone is 6. The van der Waals surface area contributed by atoms with E-state index in [2.05, 4.69) is 130 Å². The van der Waals surface area contributed by atoms with Crippen molar-refractivity contribution in [1.82, 2.24) is 0 Å². The molecule has 2 aliphatic heterocycles. The second-order valence-electron chi connectivity index (χ2n) is 11.9. The van der Waals surface area contributed by atoms with Gasteiger partial charge in [0.1, 0.15) is 6.54 Å². The van der Waals surface area contributed by atoms with Gasteiger partial charge in [0.2, 0.25) is 5.69 Å². The number of benzene rings is 2. The van der Waals surface area contributed by atoms with E-state index in [9.17, 15) is 25.2 Å². The van der Waals surface area contributed by atoms with E-state index in [1.165, 1.54) is 59.6 Å². The third-order valence-electron chi connectivity index (χ3n) is 7.80. The van der Waals surface area contributed by atoms with Gasteiger partial charge in [-0.05, 0) is 38.0 Å². The summed E-state index contributed by atoms with van der Waals surface area (Å²) in [7, 11) is -10.7. The second kappa shape index (κ2) is 11.7. The Morgan fingerprint density at radius 3 is 1.93 bits per heavy atom. The fourth-order valence-corrected chi connectivity index (χ4v) is 5.75. The minimum absolute atomic E-state index is 0.0131. The van der Waals surface area contributed by atoms with E-state index in [4.69, 9.17) is 0 Å². The molecule has 2 heterocycles. The molecular weight excluding hydrogens is 569 g/mol. The van der Waals surface area contributed by atoms with Crippen LogP contribution in [-0.4, -0.2) is 23.4 Å². The Balaban J connectivity index is 0.000000616. The van der Waals surface area contributed by atoms with E-state index in [0.717, 1.165) is 13.1 Å². The first-order valence-electron chi connectivity index (χ1n) is 14.5. The SMILES string of the molecule is CCCCN1C(=CC=CC=CC2=[N+](CCCC)c3ccccc3C2(C)C)C(C)(C)c2ccccc21.F[P-](F)(F)(F)(F)F. The van der Waals surface area contributed by atoms with E-state index < -0.39 is 7.81 Å². The average Bonchev–Trinajstić information content (AvgIpc) is 3.23. The number of para-hydroxylation sites is 2. The van der Waals surface area contributed by atoms with Gasteiger partial charge in [-0.1, -0.05) is 95.2 Å². The molecule has 0 saturated carbocycles. The number of unbranched alkanes of at least 4 members (excludes halogenated alkanes) is 2. The van der Waals surface area contributed by atoms with Crippen LogP contribution in [0.15, 0.2) is 84.6 Å². The van der Waals surface area contributed by atoms with Gasteiger partial charge in [-0.15, -0.1) is 0 Å². The molecule has 2 aliphatic rings. The van der Waals surface area contributed by atoms with Crippen LogP contribution in [-0.2, 0) is 10.8 Å². The fourth-order valence-electron chi connectivity index (χ4n) is 5.75. The van der Waals surface area contributed by atoms with Crippen LogP contribution in [0.2, 0.25) is 0 Å². The molecule has 42 heavy (non-hydrogen) atoms. The Bertz CT molecular complexity index is 1390. The summed E-state index contributed by atoms with van der Waals surface area (Å²) in [4.78, 5) is 2.53. The molecule has 0 amide bonds. The monoisotopic (exact) mass is 612 g/mol. The number of nitrogens with zero attached hydrogens (tertiary/aromatic N) is 2. The number of rotatable bonds is 9. The topological polar surface area (TPSA) is 6.25 Å². The van der Waals surface area contributed by atoms with Crippen molar-refractivity contribution in [2.24, 2.45) is 0 Å². The van der Waals surface area contributed by atoms with Crippen LogP contribution < -0.4 is 4.90 Å². The molecule has 0 saturated heterocycles. The molecule has 0 aromatic heterocycles. The number of anilines is 1. The molecule has 0 aliphatic carbocycles. The van der Waals surface area contributed by atoms with Crippen molar-refractivity contribution in [2.75, 3.05) is 18.0 Å². The molecule has 4 rings (SSSR count). The zero-order valence-corrected chi connectivity index (χ0v) is 26.3. The van der Waals surface area contributed by atoms with E-state index in [0.29, 0.717) is 0 Å². The van der Waals surface area contributed by atoms with Gasteiger partial charge >= 0.3 is 33.0 Å². The number of hydrogen-bond acceptors (Lipinski definition) is 1. The molecule has 0 spiro atoms. The maximum absolute atomic E-state index is 10.7. The number of fused-ring (bicyclic) bond motifs is 2. The van der Waals surface area contributed by atoms with Gasteiger partial charge in [-0.3, -0.25) is 0 Å². The van der Waals surface area contributed by atoms with Crippen molar-refractivity contribution in [3.05, 3.63) is 95.7 Å². The van der Waals surface area contributed by atoms with Gasteiger partial charge in [-0.2, -0.15) is 4.58 Å². The standard InChI is InChI=1S/C33H43N2.F6P/c1-7-9-24-34-28-20-16-14-18-26(28)32(3,4)30(34)22-12-11-13-23-31-33(5,6)27-19-15-17-21-29(27)35(31)25-10-8-2;1-7(2,3,4,5)6/h11-23H,7-10,24-25H2,1-6H3;/q+1;-1. The molecule has 0 atom stereocenters. The normalized spacial score (nSPS) is 20.0. The Morgan fingerprint density at radius 2 is 1.31 bits per heavy atom. The molecule has 2 nitrogen and oxygen atoms in total. The van der Waals surface area contributed by atoms with Crippen molar-refractivity contribution in [3.63, 3.8) is 0 Å². The minimum atomic E-state index is -10.7. The van der Waals surface area contributed by atoms with Crippen molar-refractivity contribution in [2.45, 2.75) is 78.1 Å². The predicted octanol–water partition coefficient (Wildman–Crippen LogP) is 11.8. The Labute approximate surface area is 246 Å². The van der Waals surface area contributed by atoms with Gasteiger partial charge in [0.15, 0.2) is 5.71 Å². The van der Waals surface area contributed by atoms with E-state index in [1.807, 2.05) is 0 Å². The average molecular weight is 613 g/mol. The van der Waals surface area contributed by atoms with Gasteiger partial charge < -0.3 is 4.90 Å². The third kappa shape index (κ3) is 8.59. The first kappa shape index (κ1) is 33.6. The second-order valence-corrected chi connectivity index (χ2v) is 13.9. The van der Waals surface area contributed by atoms with Gasteiger partial charge in [-0.25, -0.2) is 0 Å². The summed E-state index contributed by atoms with van der Waals surface area (Å²) in [6.07, 6.45) is 16.1. The van der Waals surface area contributed by atoms with Crippen LogP contribution in [0.3, 0.4) is 0 Å². The summed E-state index contributed by atoms with van der Waals surface area (Å²) in [5.41, 5.74) is 8.41. The first-order chi connectivity index (χ1) is 19.3. The van der Waals surface area contributed by atoms with Crippen LogP contribution in [0.25, 0.3) is 0 Å². The van der Waals surface area contributed by atoms with Crippen LogP contribution >= 0.6 is 7.81 Å².